The van der Waals surface area contributed by atoms with Gasteiger partial charge in [0.2, 0.25) is 0 Å². The van der Waals surface area contributed by atoms with Crippen LogP contribution in [0.5, 0.6) is 0 Å². The Bertz CT molecular complexity index is 1700. The Morgan fingerprint density at radius 3 is 2.30 bits per heavy atom. The lowest BCUT2D eigenvalue weighted by atomic mass is 10.1. The summed E-state index contributed by atoms with van der Waals surface area (Å²) in [7, 11) is 0. The zero-order valence-corrected chi connectivity index (χ0v) is 23.8. The van der Waals surface area contributed by atoms with Crippen LogP contribution in [-0.4, -0.2) is 76.7 Å². The van der Waals surface area contributed by atoms with Crippen molar-refractivity contribution in [1.29, 1.82) is 0 Å². The molecular weight excluding hydrogens is 550 g/mol. The highest BCUT2D eigenvalue weighted by Gasteiger charge is 2.34. The van der Waals surface area contributed by atoms with Crippen molar-refractivity contribution in [3.63, 3.8) is 0 Å². The lowest BCUT2D eigenvalue weighted by Crippen LogP contribution is -2.56. The molecule has 0 radical (unpaired) electrons. The number of hydrogen-bond acceptors (Lipinski definition) is 6. The van der Waals surface area contributed by atoms with E-state index >= 15 is 0 Å². The van der Waals surface area contributed by atoms with Crippen LogP contribution in [0.1, 0.15) is 44.9 Å². The van der Waals surface area contributed by atoms with Gasteiger partial charge in [0, 0.05) is 42.8 Å². The lowest BCUT2D eigenvalue weighted by Gasteiger charge is -2.39. The van der Waals surface area contributed by atoms with Gasteiger partial charge >= 0.3 is 12.0 Å². The topological polar surface area (TPSA) is 141 Å². The molecule has 11 nitrogen and oxygen atoms in total. The predicted molar refractivity (Wildman–Crippen MR) is 161 cm³/mol. The molecule has 5 rings (SSSR count). The molecule has 1 atom stereocenters. The summed E-state index contributed by atoms with van der Waals surface area (Å²) in [4.78, 5) is 70.9. The largest absolute Gasteiger partial charge is 0.462 e. The van der Waals surface area contributed by atoms with Crippen LogP contribution in [0, 0.1) is 0 Å². The van der Waals surface area contributed by atoms with E-state index < -0.39 is 23.7 Å². The fourth-order valence-corrected chi connectivity index (χ4v) is 5.15. The number of esters is 1. The van der Waals surface area contributed by atoms with E-state index in [-0.39, 0.29) is 41.9 Å². The molecule has 1 saturated heterocycles. The number of aromatic nitrogens is 1. The maximum Gasteiger partial charge on any atom is 0.340 e. The molecule has 0 spiro atoms. The van der Waals surface area contributed by atoms with Gasteiger partial charge in [0.05, 0.1) is 34.6 Å². The third kappa shape index (κ3) is 6.10. The molecule has 3 N–H and O–H groups in total. The maximum atomic E-state index is 13.4. The second-order valence-electron chi connectivity index (χ2n) is 10.1. The van der Waals surface area contributed by atoms with Crippen molar-refractivity contribution in [3.05, 3.63) is 95.7 Å². The van der Waals surface area contributed by atoms with Crippen LogP contribution in [0.2, 0.25) is 0 Å². The van der Waals surface area contributed by atoms with E-state index in [1.807, 2.05) is 13.0 Å². The van der Waals surface area contributed by atoms with Gasteiger partial charge in [-0.05, 0) is 44.2 Å². The summed E-state index contributed by atoms with van der Waals surface area (Å²) in [5.74, 6) is -2.02. The van der Waals surface area contributed by atoms with Gasteiger partial charge in [-0.1, -0.05) is 42.5 Å². The molecule has 3 aromatic carbocycles. The SMILES string of the molecule is CCOC(=O)c1ccccc1NC(=O)Nc1cccc2c(C(=O)C(=O)N3CCN(C(=O)c4ccccc4)C[C@H]3C)c[nH]c12. The van der Waals surface area contributed by atoms with Gasteiger partial charge in [0.15, 0.2) is 0 Å². The van der Waals surface area contributed by atoms with E-state index in [1.54, 1.807) is 78.6 Å². The Balaban J connectivity index is 1.28. The summed E-state index contributed by atoms with van der Waals surface area (Å²) in [5, 5.41) is 5.86. The molecule has 0 unspecified atom stereocenters. The highest BCUT2D eigenvalue weighted by molar-refractivity contribution is 6.45. The average Bonchev–Trinajstić information content (AvgIpc) is 3.46. The first kappa shape index (κ1) is 29.1. The number of amides is 4. The molecule has 1 aliphatic heterocycles. The van der Waals surface area contributed by atoms with E-state index in [0.717, 1.165) is 0 Å². The van der Waals surface area contributed by atoms with E-state index in [2.05, 4.69) is 15.6 Å². The van der Waals surface area contributed by atoms with E-state index in [1.165, 1.54) is 11.1 Å². The van der Waals surface area contributed by atoms with Crippen LogP contribution in [0.25, 0.3) is 10.9 Å². The number of Topliss-reactive ketones (excluding diaryl/α,β-unsaturated/α-hetero) is 1. The number of rotatable bonds is 7. The number of ether oxygens (including phenoxy) is 1. The number of para-hydroxylation sites is 2. The van der Waals surface area contributed by atoms with Crippen LogP contribution in [0.3, 0.4) is 0 Å². The Hall–Kier alpha value is -5.45. The van der Waals surface area contributed by atoms with Crippen molar-refractivity contribution < 1.29 is 28.7 Å². The van der Waals surface area contributed by atoms with E-state index in [9.17, 15) is 24.0 Å². The molecule has 11 heteroatoms. The molecule has 0 aliphatic carbocycles. The van der Waals surface area contributed by atoms with Crippen LogP contribution < -0.4 is 10.6 Å². The number of H-pyrrole nitrogens is 1. The third-order valence-corrected chi connectivity index (χ3v) is 7.27. The number of aromatic amines is 1. The molecule has 43 heavy (non-hydrogen) atoms. The van der Waals surface area contributed by atoms with Gasteiger partial charge in [-0.25, -0.2) is 9.59 Å². The van der Waals surface area contributed by atoms with Crippen LogP contribution in [0.15, 0.2) is 79.0 Å². The lowest BCUT2D eigenvalue weighted by molar-refractivity contribution is -0.130. The number of carbonyl (C=O) groups excluding carboxylic acids is 5. The summed E-state index contributed by atoms with van der Waals surface area (Å²) >= 11 is 0. The first-order valence-electron chi connectivity index (χ1n) is 13.9. The van der Waals surface area contributed by atoms with Crippen LogP contribution in [0.4, 0.5) is 16.2 Å². The summed E-state index contributed by atoms with van der Waals surface area (Å²) in [6.07, 6.45) is 1.45. The molecule has 1 fully saturated rings. The second kappa shape index (κ2) is 12.6. The molecule has 4 amide bonds. The Kier molecular flexibility index (Phi) is 8.51. The van der Waals surface area contributed by atoms with Gasteiger partial charge in [0.25, 0.3) is 17.6 Å². The minimum absolute atomic E-state index is 0.115. The fourth-order valence-electron chi connectivity index (χ4n) is 5.15. The minimum Gasteiger partial charge on any atom is -0.462 e. The molecule has 220 valence electrons. The molecule has 1 aromatic heterocycles. The van der Waals surface area contributed by atoms with Crippen molar-refractivity contribution in [2.75, 3.05) is 36.9 Å². The summed E-state index contributed by atoms with van der Waals surface area (Å²) in [6.45, 7) is 4.55. The zero-order chi connectivity index (χ0) is 30.5. The molecule has 0 bridgehead atoms. The predicted octanol–water partition coefficient (Wildman–Crippen LogP) is 4.54. The van der Waals surface area contributed by atoms with Crippen LogP contribution in [-0.2, 0) is 9.53 Å². The average molecular weight is 582 g/mol. The van der Waals surface area contributed by atoms with Gasteiger partial charge in [-0.3, -0.25) is 14.4 Å². The first-order chi connectivity index (χ1) is 20.8. The minimum atomic E-state index is -0.689. The summed E-state index contributed by atoms with van der Waals surface area (Å²) in [5.41, 5.74) is 2.06. The Morgan fingerprint density at radius 1 is 0.860 bits per heavy atom. The molecule has 2 heterocycles. The smallest absolute Gasteiger partial charge is 0.340 e. The highest BCUT2D eigenvalue weighted by Crippen LogP contribution is 2.27. The number of ketones is 1. The van der Waals surface area contributed by atoms with Gasteiger partial charge < -0.3 is 30.2 Å². The number of benzene rings is 3. The second-order valence-corrected chi connectivity index (χ2v) is 10.1. The normalized spacial score (nSPS) is 14.7. The zero-order valence-electron chi connectivity index (χ0n) is 23.8. The number of piperazine rings is 1. The Labute approximate surface area is 247 Å². The van der Waals surface area contributed by atoms with E-state index in [4.69, 9.17) is 4.74 Å². The molecule has 0 saturated carbocycles. The van der Waals surface area contributed by atoms with Crippen molar-refractivity contribution in [2.24, 2.45) is 0 Å². The number of carbonyl (C=O) groups is 5. The molecule has 4 aromatic rings. The number of nitrogens with zero attached hydrogens (tertiary/aromatic N) is 2. The quantitative estimate of drug-likeness (QED) is 0.166. The van der Waals surface area contributed by atoms with Crippen molar-refractivity contribution in [2.45, 2.75) is 19.9 Å². The summed E-state index contributed by atoms with van der Waals surface area (Å²) < 4.78 is 5.06. The molecule has 1 aliphatic rings. The number of urea groups is 1. The van der Waals surface area contributed by atoms with E-state index in [0.29, 0.717) is 35.2 Å². The molecular formula is C32H31N5O6. The standard InChI is InChI=1S/C32H31N5O6/c1-3-43-31(41)23-12-7-8-14-25(23)34-32(42)35-26-15-9-13-22-24(18-33-27(22)26)28(38)30(40)37-17-16-36(19-20(37)2)29(39)21-10-5-4-6-11-21/h4-15,18,20,33H,3,16-17,19H2,1-2H3,(H2,34,35,42)/t20-/m1/s1. The summed E-state index contributed by atoms with van der Waals surface area (Å²) in [6, 6.07) is 19.5. The van der Waals surface area contributed by atoms with Gasteiger partial charge in [-0.2, -0.15) is 0 Å². The number of anilines is 2. The van der Waals surface area contributed by atoms with Gasteiger partial charge in [0.1, 0.15) is 0 Å². The number of hydrogen-bond donors (Lipinski definition) is 3. The van der Waals surface area contributed by atoms with Gasteiger partial charge in [-0.15, -0.1) is 0 Å². The third-order valence-electron chi connectivity index (χ3n) is 7.27. The Morgan fingerprint density at radius 2 is 1.56 bits per heavy atom. The van der Waals surface area contributed by atoms with Crippen LogP contribution >= 0.6 is 0 Å². The maximum absolute atomic E-state index is 13.4. The monoisotopic (exact) mass is 581 g/mol. The highest BCUT2D eigenvalue weighted by atomic mass is 16.5. The number of nitrogens with one attached hydrogen (secondary N) is 3. The van der Waals surface area contributed by atoms with Crippen molar-refractivity contribution in [1.82, 2.24) is 14.8 Å². The van der Waals surface area contributed by atoms with Crippen molar-refractivity contribution >= 4 is 51.9 Å². The van der Waals surface area contributed by atoms with Crippen molar-refractivity contribution in [3.8, 4) is 0 Å². The fraction of sp³-hybridized carbons (Fsp3) is 0.219. The number of fused-ring (bicyclic) bond motifs is 1. The first-order valence-corrected chi connectivity index (χ1v) is 13.9.